The van der Waals surface area contributed by atoms with Crippen LogP contribution in [0.3, 0.4) is 0 Å². The summed E-state index contributed by atoms with van der Waals surface area (Å²) in [5.41, 5.74) is -0.108. The lowest BCUT2D eigenvalue weighted by molar-refractivity contribution is 0.158. The highest BCUT2D eigenvalue weighted by Crippen LogP contribution is 2.11. The molecule has 0 atom stereocenters. The van der Waals surface area contributed by atoms with Crippen molar-refractivity contribution in [2.75, 3.05) is 19.0 Å². The minimum Gasteiger partial charge on any atom is -0.382 e. The smallest absolute Gasteiger partial charge is 0.129 e. The van der Waals surface area contributed by atoms with Crippen molar-refractivity contribution in [1.29, 1.82) is 0 Å². The number of hydrogen-bond acceptors (Lipinski definition) is 4. The topological polar surface area (TPSA) is 47.0 Å². The highest BCUT2D eigenvalue weighted by Gasteiger charge is 2.16. The number of nitrogens with one attached hydrogen (secondary N) is 1. The third-order valence-corrected chi connectivity index (χ3v) is 1.55. The van der Waals surface area contributed by atoms with Crippen molar-refractivity contribution >= 4 is 5.82 Å². The van der Waals surface area contributed by atoms with Crippen LogP contribution in [0.4, 0.5) is 5.82 Å². The average Bonchev–Trinajstić information content (AvgIpc) is 2.04. The maximum Gasteiger partial charge on any atom is 0.129 e. The van der Waals surface area contributed by atoms with E-state index < -0.39 is 0 Å². The van der Waals surface area contributed by atoms with Gasteiger partial charge in [0.25, 0.3) is 0 Å². The van der Waals surface area contributed by atoms with Crippen LogP contribution in [-0.2, 0) is 4.74 Å². The van der Waals surface area contributed by atoms with E-state index >= 15 is 0 Å². The largest absolute Gasteiger partial charge is 0.382 e. The van der Waals surface area contributed by atoms with Gasteiger partial charge in [0.05, 0.1) is 12.1 Å². The highest BCUT2D eigenvalue weighted by molar-refractivity contribution is 5.34. The van der Waals surface area contributed by atoms with Gasteiger partial charge < -0.3 is 10.1 Å². The molecule has 1 N–H and O–H groups in total. The number of anilines is 1. The van der Waals surface area contributed by atoms with Gasteiger partial charge in [0.1, 0.15) is 12.1 Å². The lowest BCUT2D eigenvalue weighted by Crippen LogP contribution is -2.36. The molecule has 1 heterocycles. The second-order valence-electron chi connectivity index (χ2n) is 3.54. The van der Waals surface area contributed by atoms with Gasteiger partial charge in [-0.25, -0.2) is 9.97 Å². The van der Waals surface area contributed by atoms with Gasteiger partial charge in [-0.3, -0.25) is 0 Å². The first-order chi connectivity index (χ1) is 6.14. The Morgan fingerprint density at radius 3 is 2.85 bits per heavy atom. The Morgan fingerprint density at radius 1 is 1.54 bits per heavy atom. The van der Waals surface area contributed by atoms with E-state index in [1.807, 2.05) is 6.07 Å². The van der Waals surface area contributed by atoms with Gasteiger partial charge in [0.15, 0.2) is 0 Å². The minimum absolute atomic E-state index is 0.108. The summed E-state index contributed by atoms with van der Waals surface area (Å²) in [5.74, 6) is 0.817. The highest BCUT2D eigenvalue weighted by atomic mass is 16.5. The summed E-state index contributed by atoms with van der Waals surface area (Å²) >= 11 is 0. The first-order valence-electron chi connectivity index (χ1n) is 4.17. The molecule has 0 saturated carbocycles. The fraction of sp³-hybridized carbons (Fsp3) is 0.556. The van der Waals surface area contributed by atoms with Gasteiger partial charge in [-0.2, -0.15) is 0 Å². The van der Waals surface area contributed by atoms with Crippen molar-refractivity contribution in [3.63, 3.8) is 0 Å². The first-order valence-corrected chi connectivity index (χ1v) is 4.17. The van der Waals surface area contributed by atoms with E-state index in [0.717, 1.165) is 5.82 Å². The fourth-order valence-electron chi connectivity index (χ4n) is 1.11. The van der Waals surface area contributed by atoms with Crippen LogP contribution < -0.4 is 5.32 Å². The van der Waals surface area contributed by atoms with Crippen LogP contribution in [-0.4, -0.2) is 29.2 Å². The third kappa shape index (κ3) is 3.38. The zero-order valence-corrected chi connectivity index (χ0v) is 8.24. The van der Waals surface area contributed by atoms with Crippen LogP contribution >= 0.6 is 0 Å². The summed E-state index contributed by atoms with van der Waals surface area (Å²) in [6.07, 6.45) is 3.23. The molecule has 1 rings (SSSR count). The van der Waals surface area contributed by atoms with Crippen molar-refractivity contribution in [2.24, 2.45) is 0 Å². The standard InChI is InChI=1S/C9H15N3O/c1-9(2,6-13-3)12-8-4-5-10-7-11-8/h4-5,7H,6H2,1-3H3,(H,10,11,12). The lowest BCUT2D eigenvalue weighted by Gasteiger charge is -2.25. The summed E-state index contributed by atoms with van der Waals surface area (Å²) in [5, 5.41) is 3.24. The van der Waals surface area contributed by atoms with Crippen molar-refractivity contribution in [3.8, 4) is 0 Å². The summed E-state index contributed by atoms with van der Waals surface area (Å²) in [6.45, 7) is 4.74. The molecular formula is C9H15N3O. The molecule has 0 spiro atoms. The van der Waals surface area contributed by atoms with E-state index in [-0.39, 0.29) is 5.54 Å². The lowest BCUT2D eigenvalue weighted by atomic mass is 10.1. The van der Waals surface area contributed by atoms with E-state index in [9.17, 15) is 0 Å². The Kier molecular flexibility index (Phi) is 3.19. The quantitative estimate of drug-likeness (QED) is 0.760. The summed E-state index contributed by atoms with van der Waals surface area (Å²) in [6, 6.07) is 1.83. The van der Waals surface area contributed by atoms with Gasteiger partial charge in [-0.05, 0) is 19.9 Å². The molecule has 4 heteroatoms. The molecule has 4 nitrogen and oxygen atoms in total. The normalized spacial score (nSPS) is 11.3. The Morgan fingerprint density at radius 2 is 2.31 bits per heavy atom. The van der Waals surface area contributed by atoms with E-state index in [0.29, 0.717) is 6.61 Å². The molecule has 72 valence electrons. The Bertz CT molecular complexity index is 248. The molecule has 0 aliphatic heterocycles. The molecular weight excluding hydrogens is 166 g/mol. The van der Waals surface area contributed by atoms with Gasteiger partial charge in [0.2, 0.25) is 0 Å². The Labute approximate surface area is 78.4 Å². The molecule has 0 radical (unpaired) electrons. The number of nitrogens with zero attached hydrogens (tertiary/aromatic N) is 2. The van der Waals surface area contributed by atoms with Crippen LogP contribution in [0.5, 0.6) is 0 Å². The zero-order chi connectivity index (χ0) is 9.73. The molecule has 0 amide bonds. The predicted octanol–water partition coefficient (Wildman–Crippen LogP) is 1.31. The van der Waals surface area contributed by atoms with Crippen molar-refractivity contribution in [1.82, 2.24) is 9.97 Å². The second kappa shape index (κ2) is 4.18. The minimum atomic E-state index is -0.108. The summed E-state index contributed by atoms with van der Waals surface area (Å²) in [4.78, 5) is 7.91. The van der Waals surface area contributed by atoms with Crippen molar-refractivity contribution in [2.45, 2.75) is 19.4 Å². The molecule has 0 aliphatic rings. The maximum absolute atomic E-state index is 5.07. The van der Waals surface area contributed by atoms with Gasteiger partial charge >= 0.3 is 0 Å². The number of aromatic nitrogens is 2. The van der Waals surface area contributed by atoms with Crippen molar-refractivity contribution in [3.05, 3.63) is 18.6 Å². The van der Waals surface area contributed by atoms with Crippen LogP contribution in [0.2, 0.25) is 0 Å². The second-order valence-corrected chi connectivity index (χ2v) is 3.54. The van der Waals surface area contributed by atoms with Crippen molar-refractivity contribution < 1.29 is 4.74 Å². The summed E-state index contributed by atoms with van der Waals surface area (Å²) < 4.78 is 5.07. The average molecular weight is 181 g/mol. The number of ether oxygens (including phenoxy) is 1. The fourth-order valence-corrected chi connectivity index (χ4v) is 1.11. The van der Waals surface area contributed by atoms with E-state index in [4.69, 9.17) is 4.74 Å². The van der Waals surface area contributed by atoms with Crippen LogP contribution in [0.15, 0.2) is 18.6 Å². The number of methoxy groups -OCH3 is 1. The molecule has 0 aliphatic carbocycles. The molecule has 0 bridgehead atoms. The molecule has 0 saturated heterocycles. The van der Waals surface area contributed by atoms with Gasteiger partial charge in [0, 0.05) is 13.3 Å². The molecule has 1 aromatic rings. The van der Waals surface area contributed by atoms with Crippen LogP contribution in [0.25, 0.3) is 0 Å². The molecule has 0 unspecified atom stereocenters. The molecule has 0 fully saturated rings. The molecule has 0 aromatic carbocycles. The zero-order valence-electron chi connectivity index (χ0n) is 8.24. The monoisotopic (exact) mass is 181 g/mol. The molecule has 13 heavy (non-hydrogen) atoms. The SMILES string of the molecule is COCC(C)(C)Nc1ccncn1. The van der Waals surface area contributed by atoms with E-state index in [1.54, 1.807) is 13.3 Å². The predicted molar refractivity (Wildman–Crippen MR) is 51.6 cm³/mol. The summed E-state index contributed by atoms with van der Waals surface area (Å²) in [7, 11) is 1.68. The number of hydrogen-bond donors (Lipinski definition) is 1. The first kappa shape index (κ1) is 9.92. The Balaban J connectivity index is 2.58. The van der Waals surface area contributed by atoms with Crippen LogP contribution in [0, 0.1) is 0 Å². The Hall–Kier alpha value is -1.16. The third-order valence-electron chi connectivity index (χ3n) is 1.55. The van der Waals surface area contributed by atoms with E-state index in [1.165, 1.54) is 6.33 Å². The van der Waals surface area contributed by atoms with Crippen LogP contribution in [0.1, 0.15) is 13.8 Å². The van der Waals surface area contributed by atoms with E-state index in [2.05, 4.69) is 29.1 Å². The van der Waals surface area contributed by atoms with Gasteiger partial charge in [-0.1, -0.05) is 0 Å². The van der Waals surface area contributed by atoms with Gasteiger partial charge in [-0.15, -0.1) is 0 Å². The molecule has 1 aromatic heterocycles. The maximum atomic E-state index is 5.07. The number of rotatable bonds is 4.